The molecule has 0 bridgehead atoms. The summed E-state index contributed by atoms with van der Waals surface area (Å²) in [6, 6.07) is 4.66. The average molecular weight is 303 g/mol. The lowest BCUT2D eigenvalue weighted by atomic mass is 10.1. The van der Waals surface area contributed by atoms with Crippen LogP contribution in [0.5, 0.6) is 11.5 Å². The van der Waals surface area contributed by atoms with Crippen molar-refractivity contribution in [2.75, 3.05) is 13.2 Å². The van der Waals surface area contributed by atoms with Crippen LogP contribution < -0.4 is 14.8 Å². The summed E-state index contributed by atoms with van der Waals surface area (Å²) in [7, 11) is 0. The predicted octanol–water partition coefficient (Wildman–Crippen LogP) is 3.11. The molecule has 6 heteroatoms. The van der Waals surface area contributed by atoms with Crippen LogP contribution in [0.15, 0.2) is 18.2 Å². The van der Waals surface area contributed by atoms with Crippen molar-refractivity contribution in [3.05, 3.63) is 23.8 Å². The number of aliphatic hydroxyl groups excluding tert-OH is 1. The SMILES string of the molecule is CCOc1cc(C(CO)NC(C)CC)ccc1OC(F)F. The van der Waals surface area contributed by atoms with Crippen molar-refractivity contribution in [1.82, 2.24) is 5.32 Å². The van der Waals surface area contributed by atoms with Crippen molar-refractivity contribution in [2.24, 2.45) is 0 Å². The number of benzene rings is 1. The number of rotatable bonds is 9. The maximum atomic E-state index is 12.4. The molecule has 0 radical (unpaired) electrons. The number of halogens is 2. The van der Waals surface area contributed by atoms with Crippen LogP contribution in [0.4, 0.5) is 8.78 Å². The zero-order valence-corrected chi connectivity index (χ0v) is 12.6. The standard InChI is InChI=1S/C15H23F2NO3/c1-4-10(3)18-12(9-19)11-6-7-13(21-15(16)17)14(8-11)20-5-2/h6-8,10,12,15,18-19H,4-5,9H2,1-3H3. The molecule has 2 unspecified atom stereocenters. The smallest absolute Gasteiger partial charge is 0.387 e. The van der Waals surface area contributed by atoms with Gasteiger partial charge < -0.3 is 19.9 Å². The van der Waals surface area contributed by atoms with Crippen LogP contribution in [-0.4, -0.2) is 31.0 Å². The Morgan fingerprint density at radius 3 is 2.48 bits per heavy atom. The molecule has 0 fully saturated rings. The number of aliphatic hydroxyl groups is 1. The molecule has 1 rings (SSSR count). The molecule has 0 saturated carbocycles. The van der Waals surface area contributed by atoms with Crippen molar-refractivity contribution in [3.8, 4) is 11.5 Å². The van der Waals surface area contributed by atoms with Gasteiger partial charge in [0.1, 0.15) is 0 Å². The first-order chi connectivity index (χ1) is 10.0. The maximum absolute atomic E-state index is 12.4. The Balaban J connectivity index is 2.98. The van der Waals surface area contributed by atoms with E-state index in [0.717, 1.165) is 12.0 Å². The van der Waals surface area contributed by atoms with Gasteiger partial charge in [0.05, 0.1) is 19.3 Å². The van der Waals surface area contributed by atoms with Gasteiger partial charge >= 0.3 is 6.61 Å². The average Bonchev–Trinajstić information content (AvgIpc) is 2.46. The van der Waals surface area contributed by atoms with E-state index in [4.69, 9.17) is 4.74 Å². The van der Waals surface area contributed by atoms with E-state index in [-0.39, 0.29) is 30.2 Å². The first-order valence-electron chi connectivity index (χ1n) is 7.10. The van der Waals surface area contributed by atoms with Crippen LogP contribution in [-0.2, 0) is 0 Å². The van der Waals surface area contributed by atoms with Gasteiger partial charge in [-0.1, -0.05) is 13.0 Å². The zero-order chi connectivity index (χ0) is 15.8. The highest BCUT2D eigenvalue weighted by molar-refractivity contribution is 5.44. The fourth-order valence-corrected chi connectivity index (χ4v) is 1.92. The molecule has 1 aromatic carbocycles. The molecule has 0 aliphatic heterocycles. The quantitative estimate of drug-likeness (QED) is 0.736. The summed E-state index contributed by atoms with van der Waals surface area (Å²) in [4.78, 5) is 0. The summed E-state index contributed by atoms with van der Waals surface area (Å²) in [6.07, 6.45) is 0.918. The summed E-state index contributed by atoms with van der Waals surface area (Å²) in [5.74, 6) is 0.246. The van der Waals surface area contributed by atoms with Crippen molar-refractivity contribution in [1.29, 1.82) is 0 Å². The van der Waals surface area contributed by atoms with Gasteiger partial charge in [0.2, 0.25) is 0 Å². The van der Waals surface area contributed by atoms with Crippen LogP contribution in [0, 0.1) is 0 Å². The molecule has 0 amide bonds. The normalized spacial score (nSPS) is 14.0. The largest absolute Gasteiger partial charge is 0.490 e. The maximum Gasteiger partial charge on any atom is 0.387 e. The van der Waals surface area contributed by atoms with Crippen LogP contribution >= 0.6 is 0 Å². The fraction of sp³-hybridized carbons (Fsp3) is 0.600. The second-order valence-electron chi connectivity index (χ2n) is 4.73. The van der Waals surface area contributed by atoms with Gasteiger partial charge in [0.25, 0.3) is 0 Å². The number of nitrogens with one attached hydrogen (secondary N) is 1. The van der Waals surface area contributed by atoms with Gasteiger partial charge in [-0.15, -0.1) is 0 Å². The molecule has 120 valence electrons. The monoisotopic (exact) mass is 303 g/mol. The zero-order valence-electron chi connectivity index (χ0n) is 12.6. The Bertz CT molecular complexity index is 429. The van der Waals surface area contributed by atoms with Crippen LogP contribution in [0.1, 0.15) is 38.8 Å². The van der Waals surface area contributed by atoms with Gasteiger partial charge in [-0.2, -0.15) is 8.78 Å². The predicted molar refractivity (Wildman–Crippen MR) is 77.0 cm³/mol. The third kappa shape index (κ3) is 5.47. The van der Waals surface area contributed by atoms with E-state index in [1.54, 1.807) is 19.1 Å². The molecule has 0 spiro atoms. The minimum Gasteiger partial charge on any atom is -0.490 e. The van der Waals surface area contributed by atoms with Crippen LogP contribution in [0.3, 0.4) is 0 Å². The molecular formula is C15H23F2NO3. The third-order valence-corrected chi connectivity index (χ3v) is 3.17. The summed E-state index contributed by atoms with van der Waals surface area (Å²) >= 11 is 0. The lowest BCUT2D eigenvalue weighted by Crippen LogP contribution is -2.32. The van der Waals surface area contributed by atoms with Crippen LogP contribution in [0.2, 0.25) is 0 Å². The lowest BCUT2D eigenvalue weighted by Gasteiger charge is -2.22. The van der Waals surface area contributed by atoms with E-state index in [1.807, 2.05) is 13.8 Å². The van der Waals surface area contributed by atoms with Crippen molar-refractivity contribution in [3.63, 3.8) is 0 Å². The minimum atomic E-state index is -2.90. The second-order valence-corrected chi connectivity index (χ2v) is 4.73. The highest BCUT2D eigenvalue weighted by Crippen LogP contribution is 2.32. The molecule has 0 heterocycles. The summed E-state index contributed by atoms with van der Waals surface area (Å²) < 4.78 is 34.5. The molecule has 2 atom stereocenters. The molecule has 0 aliphatic carbocycles. The van der Waals surface area contributed by atoms with Crippen LogP contribution in [0.25, 0.3) is 0 Å². The van der Waals surface area contributed by atoms with Gasteiger partial charge in [0.15, 0.2) is 11.5 Å². The summed E-state index contributed by atoms with van der Waals surface area (Å²) in [5.41, 5.74) is 0.767. The molecular weight excluding hydrogens is 280 g/mol. The van der Waals surface area contributed by atoms with Crippen molar-refractivity contribution >= 4 is 0 Å². The van der Waals surface area contributed by atoms with Gasteiger partial charge in [0, 0.05) is 6.04 Å². The van der Waals surface area contributed by atoms with E-state index in [0.29, 0.717) is 6.61 Å². The first-order valence-corrected chi connectivity index (χ1v) is 7.10. The topological polar surface area (TPSA) is 50.7 Å². The van der Waals surface area contributed by atoms with Gasteiger partial charge in [-0.3, -0.25) is 0 Å². The molecule has 0 aliphatic rings. The van der Waals surface area contributed by atoms with E-state index < -0.39 is 6.61 Å². The number of hydrogen-bond acceptors (Lipinski definition) is 4. The number of hydrogen-bond donors (Lipinski definition) is 2. The Morgan fingerprint density at radius 2 is 1.95 bits per heavy atom. The van der Waals surface area contributed by atoms with Crippen molar-refractivity contribution < 1.29 is 23.4 Å². The number of ether oxygens (including phenoxy) is 2. The highest BCUT2D eigenvalue weighted by atomic mass is 19.3. The molecule has 21 heavy (non-hydrogen) atoms. The van der Waals surface area contributed by atoms with Gasteiger partial charge in [-0.05, 0) is 38.0 Å². The molecule has 1 aromatic rings. The Labute approximate surface area is 124 Å². The summed E-state index contributed by atoms with van der Waals surface area (Å²) in [6.45, 7) is 3.16. The van der Waals surface area contributed by atoms with E-state index in [9.17, 15) is 13.9 Å². The van der Waals surface area contributed by atoms with E-state index in [2.05, 4.69) is 10.1 Å². The molecule has 0 saturated heterocycles. The highest BCUT2D eigenvalue weighted by Gasteiger charge is 2.17. The summed E-state index contributed by atoms with van der Waals surface area (Å²) in [5, 5.41) is 12.8. The molecule has 4 nitrogen and oxygen atoms in total. The Hall–Kier alpha value is -1.40. The van der Waals surface area contributed by atoms with Gasteiger partial charge in [-0.25, -0.2) is 0 Å². The second kappa shape index (κ2) is 8.79. The van der Waals surface area contributed by atoms with Crippen molar-refractivity contribution in [2.45, 2.75) is 45.9 Å². The third-order valence-electron chi connectivity index (χ3n) is 3.17. The Morgan fingerprint density at radius 1 is 1.24 bits per heavy atom. The first kappa shape index (κ1) is 17.7. The molecule has 2 N–H and O–H groups in total. The molecule has 0 aromatic heterocycles. The van der Waals surface area contributed by atoms with E-state index in [1.165, 1.54) is 6.07 Å². The Kier molecular flexibility index (Phi) is 7.39. The lowest BCUT2D eigenvalue weighted by molar-refractivity contribution is -0.0514. The fourth-order valence-electron chi connectivity index (χ4n) is 1.92. The van der Waals surface area contributed by atoms with E-state index >= 15 is 0 Å². The number of alkyl halides is 2. The minimum absolute atomic E-state index is 0.00386.